The number of nitrogens with zero attached hydrogens (tertiary/aromatic N) is 2. The van der Waals surface area contributed by atoms with Gasteiger partial charge in [0, 0.05) is 18.7 Å². The minimum Gasteiger partial charge on any atom is -0.493 e. The molecule has 0 aromatic heterocycles. The molecular formula is C18H20N2O6S. The van der Waals surface area contributed by atoms with Gasteiger partial charge in [-0.15, -0.1) is 0 Å². The average molecular weight is 392 g/mol. The summed E-state index contributed by atoms with van der Waals surface area (Å²) in [6.07, 6.45) is 1.57. The number of ether oxygens (including phenoxy) is 3. The fourth-order valence-electron chi connectivity index (χ4n) is 2.85. The van der Waals surface area contributed by atoms with E-state index in [1.807, 2.05) is 0 Å². The van der Waals surface area contributed by atoms with Crippen LogP contribution in [0.15, 0.2) is 23.1 Å². The molecule has 0 spiro atoms. The zero-order valence-electron chi connectivity index (χ0n) is 15.1. The van der Waals surface area contributed by atoms with Crippen molar-refractivity contribution in [3.05, 3.63) is 28.7 Å². The first-order valence-electron chi connectivity index (χ1n) is 8.37. The topological polar surface area (TPSA) is 85.4 Å². The Balaban J connectivity index is 1.78. The molecule has 9 heteroatoms. The molecule has 0 unspecified atom stereocenters. The second-order valence-corrected chi connectivity index (χ2v) is 6.84. The maximum absolute atomic E-state index is 12.6. The van der Waals surface area contributed by atoms with Gasteiger partial charge in [-0.1, -0.05) is 12.1 Å². The predicted octanol–water partition coefficient (Wildman–Crippen LogP) is 1.60. The first kappa shape index (κ1) is 19.2. The van der Waals surface area contributed by atoms with Gasteiger partial charge in [0.2, 0.25) is 5.91 Å². The molecule has 3 rings (SSSR count). The predicted molar refractivity (Wildman–Crippen MR) is 99.6 cm³/mol. The van der Waals surface area contributed by atoms with E-state index in [1.165, 1.54) is 14.2 Å². The number of benzene rings is 1. The van der Waals surface area contributed by atoms with E-state index in [2.05, 4.69) is 0 Å². The lowest BCUT2D eigenvalue weighted by Gasteiger charge is -2.28. The van der Waals surface area contributed by atoms with E-state index in [4.69, 9.17) is 14.2 Å². The summed E-state index contributed by atoms with van der Waals surface area (Å²) < 4.78 is 15.8. The number of carbonyl (C=O) groups excluding carboxylic acids is 3. The van der Waals surface area contributed by atoms with Crippen molar-refractivity contribution < 1.29 is 28.6 Å². The highest BCUT2D eigenvalue weighted by atomic mass is 32.2. The van der Waals surface area contributed by atoms with Crippen LogP contribution < -0.4 is 9.47 Å². The molecule has 2 aliphatic rings. The summed E-state index contributed by atoms with van der Waals surface area (Å²) in [6.45, 7) is 1.58. The van der Waals surface area contributed by atoms with Crippen molar-refractivity contribution in [1.29, 1.82) is 0 Å². The first-order chi connectivity index (χ1) is 13.0. The maximum atomic E-state index is 12.6. The molecule has 144 valence electrons. The molecule has 0 saturated carbocycles. The van der Waals surface area contributed by atoms with Crippen molar-refractivity contribution in [2.75, 3.05) is 47.1 Å². The van der Waals surface area contributed by atoms with Crippen molar-refractivity contribution >= 4 is 34.9 Å². The monoisotopic (exact) mass is 392 g/mol. The fourth-order valence-corrected chi connectivity index (χ4v) is 3.68. The van der Waals surface area contributed by atoms with Gasteiger partial charge < -0.3 is 19.1 Å². The largest absolute Gasteiger partial charge is 0.493 e. The minimum absolute atomic E-state index is 0.237. The summed E-state index contributed by atoms with van der Waals surface area (Å²) >= 11 is 0.805. The Morgan fingerprint density at radius 3 is 2.63 bits per heavy atom. The van der Waals surface area contributed by atoms with Crippen molar-refractivity contribution in [2.24, 2.45) is 0 Å². The molecule has 2 heterocycles. The van der Waals surface area contributed by atoms with Crippen LogP contribution in [0.2, 0.25) is 0 Å². The second-order valence-electron chi connectivity index (χ2n) is 5.84. The Bertz CT molecular complexity index is 788. The van der Waals surface area contributed by atoms with E-state index in [1.54, 1.807) is 29.2 Å². The van der Waals surface area contributed by atoms with Gasteiger partial charge in [-0.2, -0.15) is 0 Å². The van der Waals surface area contributed by atoms with E-state index >= 15 is 0 Å². The normalized spacial score (nSPS) is 19.0. The SMILES string of the molecule is COc1cccc(C=C2SC(=O)N(CC(=O)N3CCOCC3)C2=O)c1OC. The smallest absolute Gasteiger partial charge is 0.294 e. The lowest BCUT2D eigenvalue weighted by atomic mass is 10.1. The van der Waals surface area contributed by atoms with Gasteiger partial charge in [-0.05, 0) is 23.9 Å². The Labute approximate surface area is 161 Å². The summed E-state index contributed by atoms with van der Waals surface area (Å²) in [5.41, 5.74) is 0.613. The Hall–Kier alpha value is -2.52. The third kappa shape index (κ3) is 4.09. The van der Waals surface area contributed by atoms with Gasteiger partial charge in [0.05, 0.1) is 32.3 Å². The highest BCUT2D eigenvalue weighted by Crippen LogP contribution is 2.37. The first-order valence-corrected chi connectivity index (χ1v) is 9.18. The zero-order valence-corrected chi connectivity index (χ0v) is 15.9. The molecule has 0 N–H and O–H groups in total. The molecule has 0 atom stereocenters. The van der Waals surface area contributed by atoms with Gasteiger partial charge in [-0.25, -0.2) is 0 Å². The van der Waals surface area contributed by atoms with Crippen LogP contribution in [0.5, 0.6) is 11.5 Å². The molecule has 2 saturated heterocycles. The Morgan fingerprint density at radius 1 is 1.22 bits per heavy atom. The molecule has 2 aliphatic heterocycles. The summed E-state index contributed by atoms with van der Waals surface area (Å²) in [6, 6.07) is 5.26. The lowest BCUT2D eigenvalue weighted by molar-refractivity contribution is -0.139. The average Bonchev–Trinajstić information content (AvgIpc) is 2.95. The van der Waals surface area contributed by atoms with Crippen LogP contribution in [-0.2, 0) is 14.3 Å². The van der Waals surface area contributed by atoms with Gasteiger partial charge in [-0.3, -0.25) is 19.3 Å². The van der Waals surface area contributed by atoms with Crippen LogP contribution in [-0.4, -0.2) is 73.9 Å². The number of imide groups is 1. The van der Waals surface area contributed by atoms with Crippen LogP contribution in [0, 0.1) is 0 Å². The lowest BCUT2D eigenvalue weighted by Crippen LogP contribution is -2.46. The van der Waals surface area contributed by atoms with Crippen molar-refractivity contribution in [2.45, 2.75) is 0 Å². The van der Waals surface area contributed by atoms with Crippen LogP contribution in [0.25, 0.3) is 6.08 Å². The highest BCUT2D eigenvalue weighted by molar-refractivity contribution is 8.18. The van der Waals surface area contributed by atoms with Crippen LogP contribution in [0.3, 0.4) is 0 Å². The Kier molecular flexibility index (Phi) is 6.02. The third-order valence-corrected chi connectivity index (χ3v) is 5.16. The molecule has 1 aromatic carbocycles. The molecule has 0 aliphatic carbocycles. The van der Waals surface area contributed by atoms with Crippen molar-refractivity contribution in [1.82, 2.24) is 9.80 Å². The number of hydrogen-bond donors (Lipinski definition) is 0. The van der Waals surface area contributed by atoms with Gasteiger partial charge in [0.1, 0.15) is 6.54 Å². The molecular weight excluding hydrogens is 372 g/mol. The maximum Gasteiger partial charge on any atom is 0.294 e. The number of rotatable bonds is 5. The molecule has 0 bridgehead atoms. The number of hydrogen-bond acceptors (Lipinski definition) is 7. The standard InChI is InChI=1S/C18H20N2O6S/c1-24-13-5-3-4-12(16(13)25-2)10-14-17(22)20(18(23)27-14)11-15(21)19-6-8-26-9-7-19/h3-5,10H,6-9,11H2,1-2H3. The molecule has 8 nitrogen and oxygen atoms in total. The van der Waals surface area contributed by atoms with E-state index in [9.17, 15) is 14.4 Å². The third-order valence-electron chi connectivity index (χ3n) is 4.25. The number of para-hydroxylation sites is 1. The minimum atomic E-state index is -0.489. The fraction of sp³-hybridized carbons (Fsp3) is 0.389. The zero-order chi connectivity index (χ0) is 19.4. The van der Waals surface area contributed by atoms with E-state index < -0.39 is 11.1 Å². The highest BCUT2D eigenvalue weighted by Gasteiger charge is 2.37. The number of morpholine rings is 1. The number of carbonyl (C=O) groups is 3. The number of amides is 3. The molecule has 1 aromatic rings. The quantitative estimate of drug-likeness (QED) is 0.704. The van der Waals surface area contributed by atoms with Gasteiger partial charge in [0.15, 0.2) is 11.5 Å². The summed E-state index contributed by atoms with van der Waals surface area (Å²) in [4.78, 5) is 40.1. The molecule has 0 radical (unpaired) electrons. The van der Waals surface area contributed by atoms with Crippen LogP contribution >= 0.6 is 11.8 Å². The summed E-state index contributed by atoms with van der Waals surface area (Å²) in [5, 5.41) is -0.463. The summed E-state index contributed by atoms with van der Waals surface area (Å²) in [5.74, 6) is 0.237. The second kappa shape index (κ2) is 8.45. The molecule has 3 amide bonds. The van der Waals surface area contributed by atoms with Crippen LogP contribution in [0.4, 0.5) is 4.79 Å². The van der Waals surface area contributed by atoms with Crippen molar-refractivity contribution in [3.8, 4) is 11.5 Å². The Morgan fingerprint density at radius 2 is 1.96 bits per heavy atom. The van der Waals surface area contributed by atoms with E-state index in [-0.39, 0.29) is 17.4 Å². The van der Waals surface area contributed by atoms with E-state index in [0.717, 1.165) is 16.7 Å². The van der Waals surface area contributed by atoms with Crippen molar-refractivity contribution in [3.63, 3.8) is 0 Å². The summed E-state index contributed by atoms with van der Waals surface area (Å²) in [7, 11) is 3.02. The number of methoxy groups -OCH3 is 2. The number of thioether (sulfide) groups is 1. The van der Waals surface area contributed by atoms with Gasteiger partial charge in [0.25, 0.3) is 11.1 Å². The molecule has 2 fully saturated rings. The molecule has 27 heavy (non-hydrogen) atoms. The van der Waals surface area contributed by atoms with E-state index in [0.29, 0.717) is 43.4 Å². The van der Waals surface area contributed by atoms with Gasteiger partial charge >= 0.3 is 0 Å². The van der Waals surface area contributed by atoms with Crippen LogP contribution in [0.1, 0.15) is 5.56 Å².